The van der Waals surface area contributed by atoms with Crippen molar-refractivity contribution in [1.82, 2.24) is 0 Å². The monoisotopic (exact) mass is 338 g/mol. The van der Waals surface area contributed by atoms with Gasteiger partial charge in [-0.15, -0.1) is 0 Å². The molecule has 0 N–H and O–H groups in total. The molecule has 1 aromatic rings. The second kappa shape index (κ2) is 7.73. The van der Waals surface area contributed by atoms with E-state index < -0.39 is 17.5 Å². The van der Waals surface area contributed by atoms with Gasteiger partial charge >= 0.3 is 0 Å². The smallest absolute Gasteiger partial charge is 0.194 e. The average Bonchev–Trinajstić information content (AvgIpc) is 2.60. The predicted molar refractivity (Wildman–Crippen MR) is 88.3 cm³/mol. The van der Waals surface area contributed by atoms with Gasteiger partial charge in [0.2, 0.25) is 0 Å². The second-order valence-corrected chi connectivity index (χ2v) is 7.13. The number of hydrogen-bond donors (Lipinski definition) is 0. The molecule has 1 nitrogen and oxygen atoms in total. The molecule has 0 aliphatic heterocycles. The molecule has 1 aromatic carbocycles. The van der Waals surface area contributed by atoms with Crippen molar-refractivity contribution in [2.24, 2.45) is 11.8 Å². The van der Waals surface area contributed by atoms with E-state index in [9.17, 15) is 13.2 Å². The van der Waals surface area contributed by atoms with Gasteiger partial charge in [-0.1, -0.05) is 18.2 Å². The minimum absolute atomic E-state index is 0.00171. The van der Waals surface area contributed by atoms with Gasteiger partial charge in [0.25, 0.3) is 0 Å². The predicted octanol–water partition coefficient (Wildman–Crippen LogP) is 5.75. The summed E-state index contributed by atoms with van der Waals surface area (Å²) in [7, 11) is 0. The van der Waals surface area contributed by atoms with E-state index in [0.29, 0.717) is 30.1 Å². The molecule has 0 bridgehead atoms. The summed E-state index contributed by atoms with van der Waals surface area (Å²) in [5.74, 6) is -2.29. The topological polar surface area (TPSA) is 9.23 Å². The molecule has 2 aliphatic carbocycles. The van der Waals surface area contributed by atoms with Gasteiger partial charge in [-0.3, -0.25) is 0 Å². The second-order valence-electron chi connectivity index (χ2n) is 7.13. The van der Waals surface area contributed by atoms with Crippen molar-refractivity contribution < 1.29 is 17.9 Å². The summed E-state index contributed by atoms with van der Waals surface area (Å²) in [5.41, 5.74) is 0.346. The van der Waals surface area contributed by atoms with Crippen LogP contribution in [0.4, 0.5) is 13.2 Å². The third kappa shape index (κ3) is 3.69. The molecule has 4 heteroatoms. The molecule has 2 aliphatic rings. The summed E-state index contributed by atoms with van der Waals surface area (Å²) in [6, 6.07) is 2.47. The van der Waals surface area contributed by atoms with Crippen LogP contribution in [0.15, 0.2) is 24.3 Å². The molecular weight excluding hydrogens is 313 g/mol. The van der Waals surface area contributed by atoms with Crippen molar-refractivity contribution in [1.29, 1.82) is 0 Å². The minimum Gasteiger partial charge on any atom is -0.374 e. The zero-order valence-corrected chi connectivity index (χ0v) is 14.1. The molecule has 0 saturated heterocycles. The zero-order chi connectivity index (χ0) is 17.1. The lowest BCUT2D eigenvalue weighted by atomic mass is 9.65. The van der Waals surface area contributed by atoms with Crippen LogP contribution in [0.25, 0.3) is 0 Å². The molecule has 0 spiro atoms. The third-order valence-electron chi connectivity index (χ3n) is 5.73. The molecule has 0 amide bonds. The van der Waals surface area contributed by atoms with Crippen LogP contribution < -0.4 is 0 Å². The first kappa shape index (κ1) is 17.5. The minimum atomic E-state index is -1.34. The van der Waals surface area contributed by atoms with E-state index in [1.807, 2.05) is 19.1 Å². The molecule has 2 fully saturated rings. The first-order valence-electron chi connectivity index (χ1n) is 8.96. The first-order chi connectivity index (χ1) is 11.6. The molecule has 2 saturated carbocycles. The molecule has 4 unspecified atom stereocenters. The SMILES string of the molecule is C/C=C/COC1CCC2CC(c3ccc(F)c(F)c3F)CCC2C1. The van der Waals surface area contributed by atoms with E-state index >= 15 is 0 Å². The van der Waals surface area contributed by atoms with Gasteiger partial charge in [-0.2, -0.15) is 0 Å². The lowest BCUT2D eigenvalue weighted by Gasteiger charge is -2.42. The fourth-order valence-electron chi connectivity index (χ4n) is 4.42. The van der Waals surface area contributed by atoms with Crippen LogP contribution in [0.3, 0.4) is 0 Å². The van der Waals surface area contributed by atoms with Gasteiger partial charge in [0, 0.05) is 0 Å². The number of allylic oxidation sites excluding steroid dienone is 1. The van der Waals surface area contributed by atoms with Gasteiger partial charge in [-0.25, -0.2) is 13.2 Å². The van der Waals surface area contributed by atoms with Crippen LogP contribution in [0.5, 0.6) is 0 Å². The van der Waals surface area contributed by atoms with Crippen molar-refractivity contribution in [2.75, 3.05) is 6.61 Å². The van der Waals surface area contributed by atoms with Gasteiger partial charge in [0.1, 0.15) is 0 Å². The number of benzene rings is 1. The molecule has 0 heterocycles. The van der Waals surface area contributed by atoms with Crippen molar-refractivity contribution in [3.8, 4) is 0 Å². The molecule has 24 heavy (non-hydrogen) atoms. The van der Waals surface area contributed by atoms with Gasteiger partial charge in [0.15, 0.2) is 17.5 Å². The molecule has 0 radical (unpaired) electrons. The van der Waals surface area contributed by atoms with Crippen molar-refractivity contribution in [3.63, 3.8) is 0 Å². The summed E-state index contributed by atoms with van der Waals surface area (Å²) in [6.45, 7) is 2.65. The fourth-order valence-corrected chi connectivity index (χ4v) is 4.42. The van der Waals surface area contributed by atoms with E-state index in [1.54, 1.807) is 0 Å². The van der Waals surface area contributed by atoms with Crippen LogP contribution in [0.2, 0.25) is 0 Å². The Morgan fingerprint density at radius 3 is 2.54 bits per heavy atom. The summed E-state index contributed by atoms with van der Waals surface area (Å²) < 4.78 is 46.6. The summed E-state index contributed by atoms with van der Waals surface area (Å²) in [6.07, 6.45) is 10.2. The van der Waals surface area contributed by atoms with E-state index in [2.05, 4.69) is 0 Å². The van der Waals surface area contributed by atoms with Gasteiger partial charge in [0.05, 0.1) is 12.7 Å². The Kier molecular flexibility index (Phi) is 5.65. The van der Waals surface area contributed by atoms with Gasteiger partial charge in [-0.05, 0) is 74.8 Å². The lowest BCUT2D eigenvalue weighted by molar-refractivity contribution is -0.00337. The Bertz CT molecular complexity index is 599. The van der Waals surface area contributed by atoms with Crippen molar-refractivity contribution in [2.45, 2.75) is 57.5 Å². The van der Waals surface area contributed by atoms with E-state index in [0.717, 1.165) is 44.6 Å². The van der Waals surface area contributed by atoms with Crippen LogP contribution in [0.1, 0.15) is 56.9 Å². The number of halogens is 3. The Morgan fingerprint density at radius 1 is 1.00 bits per heavy atom. The highest BCUT2D eigenvalue weighted by molar-refractivity contribution is 5.25. The van der Waals surface area contributed by atoms with E-state index in [-0.39, 0.29) is 5.92 Å². The maximum atomic E-state index is 14.1. The number of hydrogen-bond acceptors (Lipinski definition) is 1. The molecular formula is C20H25F3O. The van der Waals surface area contributed by atoms with Crippen LogP contribution in [-0.4, -0.2) is 12.7 Å². The standard InChI is InChI=1S/C20H25F3O/c1-2-3-10-24-16-7-6-13-11-15(5-4-14(13)12-16)17-8-9-18(21)20(23)19(17)22/h2-3,8-9,13-16H,4-7,10-12H2,1H3/b3-2+. The number of rotatable bonds is 4. The van der Waals surface area contributed by atoms with E-state index in [4.69, 9.17) is 4.74 Å². The number of ether oxygens (including phenoxy) is 1. The van der Waals surface area contributed by atoms with Crippen LogP contribution in [0, 0.1) is 29.3 Å². The number of fused-ring (bicyclic) bond motifs is 1. The molecule has 3 rings (SSSR count). The highest BCUT2D eigenvalue weighted by Gasteiger charge is 2.37. The summed E-state index contributed by atoms with van der Waals surface area (Å²) >= 11 is 0. The largest absolute Gasteiger partial charge is 0.374 e. The van der Waals surface area contributed by atoms with Crippen LogP contribution >= 0.6 is 0 Å². The zero-order valence-electron chi connectivity index (χ0n) is 14.1. The quantitative estimate of drug-likeness (QED) is 0.502. The first-order valence-corrected chi connectivity index (χ1v) is 8.96. The molecule has 4 atom stereocenters. The molecule has 0 aromatic heterocycles. The molecule has 132 valence electrons. The van der Waals surface area contributed by atoms with Gasteiger partial charge < -0.3 is 4.74 Å². The van der Waals surface area contributed by atoms with E-state index in [1.165, 1.54) is 6.07 Å². The Morgan fingerprint density at radius 2 is 1.75 bits per heavy atom. The maximum Gasteiger partial charge on any atom is 0.194 e. The fraction of sp³-hybridized carbons (Fsp3) is 0.600. The highest BCUT2D eigenvalue weighted by atomic mass is 19.2. The summed E-state index contributed by atoms with van der Waals surface area (Å²) in [5, 5.41) is 0. The Balaban J connectivity index is 1.62. The summed E-state index contributed by atoms with van der Waals surface area (Å²) in [4.78, 5) is 0. The Labute approximate surface area is 141 Å². The normalized spacial score (nSPS) is 30.5. The third-order valence-corrected chi connectivity index (χ3v) is 5.73. The lowest BCUT2D eigenvalue weighted by Crippen LogP contribution is -2.34. The maximum absolute atomic E-state index is 14.1. The van der Waals surface area contributed by atoms with Crippen molar-refractivity contribution >= 4 is 0 Å². The van der Waals surface area contributed by atoms with Crippen LogP contribution in [-0.2, 0) is 4.74 Å². The average molecular weight is 338 g/mol. The highest BCUT2D eigenvalue weighted by Crippen LogP contribution is 2.47. The Hall–Kier alpha value is -1.29. The van der Waals surface area contributed by atoms with Crippen molar-refractivity contribution in [3.05, 3.63) is 47.3 Å².